The van der Waals surface area contributed by atoms with Gasteiger partial charge in [0.15, 0.2) is 0 Å². The van der Waals surface area contributed by atoms with Gasteiger partial charge in [0.1, 0.15) is 24.0 Å². The number of halogens is 1. The molecule has 0 fully saturated rings. The summed E-state index contributed by atoms with van der Waals surface area (Å²) < 4.78 is 18.9. The van der Waals surface area contributed by atoms with E-state index < -0.39 is 0 Å². The number of hydrogen-bond donors (Lipinski definition) is 0. The highest BCUT2D eigenvalue weighted by molar-refractivity contribution is 5.78. The number of ether oxygens (including phenoxy) is 1. The Balaban J connectivity index is 1.97. The summed E-state index contributed by atoms with van der Waals surface area (Å²) in [4.78, 5) is 11.0. The van der Waals surface area contributed by atoms with Crippen LogP contribution in [0, 0.1) is 5.82 Å². The molecule has 2 nitrogen and oxygen atoms in total. The Kier molecular flexibility index (Phi) is 4.29. The largest absolute Gasteiger partial charge is 0.489 e. The van der Waals surface area contributed by atoms with E-state index in [9.17, 15) is 9.18 Å². The molecule has 0 N–H and O–H groups in total. The van der Waals surface area contributed by atoms with Gasteiger partial charge in [0, 0.05) is 12.0 Å². The van der Waals surface area contributed by atoms with E-state index >= 15 is 0 Å². The summed E-state index contributed by atoms with van der Waals surface area (Å²) in [6.07, 6.45) is 0.424. The number of carbonyl (C=O) groups is 1. The number of Topliss-reactive ketones (excluding diaryl/α,β-unsaturated/α-hetero) is 1. The minimum Gasteiger partial charge on any atom is -0.489 e. The quantitative estimate of drug-likeness (QED) is 0.820. The first kappa shape index (κ1) is 13.3. The van der Waals surface area contributed by atoms with Crippen LogP contribution in [0.5, 0.6) is 5.75 Å². The van der Waals surface area contributed by atoms with E-state index in [1.54, 1.807) is 37.3 Å². The van der Waals surface area contributed by atoms with Gasteiger partial charge in [0.2, 0.25) is 0 Å². The Morgan fingerprint density at radius 3 is 2.42 bits per heavy atom. The Morgan fingerprint density at radius 1 is 1.11 bits per heavy atom. The third-order valence-electron chi connectivity index (χ3n) is 2.73. The van der Waals surface area contributed by atoms with Crippen molar-refractivity contribution in [3.05, 3.63) is 65.5 Å². The van der Waals surface area contributed by atoms with Crippen molar-refractivity contribution in [3.63, 3.8) is 0 Å². The van der Waals surface area contributed by atoms with E-state index in [-0.39, 0.29) is 18.2 Å². The molecule has 0 radical (unpaired) electrons. The van der Waals surface area contributed by atoms with Crippen LogP contribution in [0.3, 0.4) is 0 Å². The van der Waals surface area contributed by atoms with Gasteiger partial charge in [-0.2, -0.15) is 0 Å². The highest BCUT2D eigenvalue weighted by Gasteiger charge is 2.02. The smallest absolute Gasteiger partial charge is 0.134 e. The average molecular weight is 258 g/mol. The number of rotatable bonds is 5. The van der Waals surface area contributed by atoms with E-state index in [1.165, 1.54) is 6.07 Å². The second-order valence-corrected chi connectivity index (χ2v) is 4.40. The van der Waals surface area contributed by atoms with Crippen LogP contribution in [0.15, 0.2) is 48.5 Å². The molecule has 0 spiro atoms. The van der Waals surface area contributed by atoms with Gasteiger partial charge >= 0.3 is 0 Å². The summed E-state index contributed by atoms with van der Waals surface area (Å²) in [5.74, 6) is 0.520. The molecular formula is C16H15FO2. The van der Waals surface area contributed by atoms with E-state index in [0.29, 0.717) is 17.7 Å². The maximum absolute atomic E-state index is 13.4. The molecule has 98 valence electrons. The highest BCUT2D eigenvalue weighted by atomic mass is 19.1. The molecule has 19 heavy (non-hydrogen) atoms. The van der Waals surface area contributed by atoms with Crippen molar-refractivity contribution in [2.45, 2.75) is 20.0 Å². The maximum atomic E-state index is 13.4. The van der Waals surface area contributed by atoms with Crippen LogP contribution < -0.4 is 4.74 Å². The molecule has 0 aliphatic carbocycles. The molecule has 0 heterocycles. The van der Waals surface area contributed by atoms with Gasteiger partial charge in [0.25, 0.3) is 0 Å². The maximum Gasteiger partial charge on any atom is 0.134 e. The zero-order chi connectivity index (χ0) is 13.7. The van der Waals surface area contributed by atoms with Gasteiger partial charge in [-0.25, -0.2) is 4.39 Å². The third-order valence-corrected chi connectivity index (χ3v) is 2.73. The van der Waals surface area contributed by atoms with Gasteiger partial charge in [-0.05, 0) is 30.7 Å². The Morgan fingerprint density at radius 2 is 1.79 bits per heavy atom. The molecule has 0 aliphatic heterocycles. The lowest BCUT2D eigenvalue weighted by atomic mass is 10.1. The lowest BCUT2D eigenvalue weighted by Gasteiger charge is -2.07. The van der Waals surface area contributed by atoms with Crippen LogP contribution in [0.4, 0.5) is 4.39 Å². The first-order chi connectivity index (χ1) is 9.15. The summed E-state index contributed by atoms with van der Waals surface area (Å²) in [6.45, 7) is 1.75. The molecule has 0 amide bonds. The number of carbonyl (C=O) groups excluding carboxylic acids is 1. The van der Waals surface area contributed by atoms with Crippen molar-refractivity contribution >= 4 is 5.78 Å². The molecule has 3 heteroatoms. The first-order valence-electron chi connectivity index (χ1n) is 6.10. The summed E-state index contributed by atoms with van der Waals surface area (Å²) in [7, 11) is 0. The fraction of sp³-hybridized carbons (Fsp3) is 0.188. The van der Waals surface area contributed by atoms with Gasteiger partial charge in [0.05, 0.1) is 0 Å². The average Bonchev–Trinajstić information content (AvgIpc) is 2.39. The summed E-state index contributed by atoms with van der Waals surface area (Å²) in [5.41, 5.74) is 1.47. The summed E-state index contributed by atoms with van der Waals surface area (Å²) >= 11 is 0. The summed E-state index contributed by atoms with van der Waals surface area (Å²) in [5, 5.41) is 0. The fourth-order valence-corrected chi connectivity index (χ4v) is 1.77. The van der Waals surface area contributed by atoms with Crippen LogP contribution in [-0.4, -0.2) is 5.78 Å². The topological polar surface area (TPSA) is 26.3 Å². The van der Waals surface area contributed by atoms with Crippen LogP contribution in [-0.2, 0) is 17.8 Å². The molecule has 0 bridgehead atoms. The SMILES string of the molecule is CC(=O)Cc1ccc(OCc2ccccc2F)cc1. The Bertz CT molecular complexity index is 561. The molecule has 0 unspecified atom stereocenters. The zero-order valence-corrected chi connectivity index (χ0v) is 10.7. The van der Waals surface area contributed by atoms with E-state index in [1.807, 2.05) is 12.1 Å². The van der Waals surface area contributed by atoms with Crippen LogP contribution in [0.25, 0.3) is 0 Å². The van der Waals surface area contributed by atoms with Gasteiger partial charge in [-0.3, -0.25) is 4.79 Å². The third kappa shape index (κ3) is 3.91. The van der Waals surface area contributed by atoms with Crippen LogP contribution >= 0.6 is 0 Å². The molecule has 0 aromatic heterocycles. The second-order valence-electron chi connectivity index (χ2n) is 4.40. The lowest BCUT2D eigenvalue weighted by Crippen LogP contribution is -1.99. The second kappa shape index (κ2) is 6.14. The van der Waals surface area contributed by atoms with E-state index in [2.05, 4.69) is 0 Å². The Labute approximate surface area is 111 Å². The minimum absolute atomic E-state index is 0.125. The monoisotopic (exact) mass is 258 g/mol. The molecule has 0 atom stereocenters. The molecule has 0 saturated heterocycles. The molecular weight excluding hydrogens is 243 g/mol. The van der Waals surface area contributed by atoms with Crippen molar-refractivity contribution < 1.29 is 13.9 Å². The van der Waals surface area contributed by atoms with E-state index in [0.717, 1.165) is 5.56 Å². The zero-order valence-electron chi connectivity index (χ0n) is 10.7. The molecule has 2 rings (SSSR count). The van der Waals surface area contributed by atoms with E-state index in [4.69, 9.17) is 4.74 Å². The van der Waals surface area contributed by atoms with Crippen molar-refractivity contribution in [1.29, 1.82) is 0 Å². The van der Waals surface area contributed by atoms with Crippen molar-refractivity contribution in [3.8, 4) is 5.75 Å². The normalized spacial score (nSPS) is 10.2. The number of ketones is 1. The predicted octanol–water partition coefficient (Wildman–Crippen LogP) is 3.54. The molecule has 0 aliphatic rings. The van der Waals surface area contributed by atoms with Gasteiger partial charge in [-0.15, -0.1) is 0 Å². The number of hydrogen-bond acceptors (Lipinski definition) is 2. The lowest BCUT2D eigenvalue weighted by molar-refractivity contribution is -0.116. The highest BCUT2D eigenvalue weighted by Crippen LogP contribution is 2.15. The summed E-state index contributed by atoms with van der Waals surface area (Å²) in [6, 6.07) is 13.8. The predicted molar refractivity (Wildman–Crippen MR) is 71.6 cm³/mol. The van der Waals surface area contributed by atoms with Crippen molar-refractivity contribution in [1.82, 2.24) is 0 Å². The molecule has 2 aromatic carbocycles. The van der Waals surface area contributed by atoms with Crippen molar-refractivity contribution in [2.75, 3.05) is 0 Å². The Hall–Kier alpha value is -2.16. The number of benzene rings is 2. The van der Waals surface area contributed by atoms with Crippen LogP contribution in [0.1, 0.15) is 18.1 Å². The molecule has 2 aromatic rings. The fourth-order valence-electron chi connectivity index (χ4n) is 1.77. The molecule has 0 saturated carbocycles. The van der Waals surface area contributed by atoms with Crippen molar-refractivity contribution in [2.24, 2.45) is 0 Å². The van der Waals surface area contributed by atoms with Crippen LogP contribution in [0.2, 0.25) is 0 Å². The van der Waals surface area contributed by atoms with Gasteiger partial charge < -0.3 is 4.74 Å². The minimum atomic E-state index is -0.268. The standard InChI is InChI=1S/C16H15FO2/c1-12(18)10-13-6-8-15(9-7-13)19-11-14-4-2-3-5-16(14)17/h2-9H,10-11H2,1H3. The van der Waals surface area contributed by atoms with Gasteiger partial charge in [-0.1, -0.05) is 30.3 Å². The first-order valence-corrected chi connectivity index (χ1v) is 6.10.